The number of carbonyl (C=O) groups is 1. The Morgan fingerprint density at radius 3 is 2.53 bits per heavy atom. The van der Waals surface area contributed by atoms with Crippen molar-refractivity contribution < 1.29 is 22.7 Å². The van der Waals surface area contributed by atoms with E-state index in [1.54, 1.807) is 25.8 Å². The van der Waals surface area contributed by atoms with Gasteiger partial charge in [-0.25, -0.2) is 4.98 Å². The molecular weight excluding hydrogens is 419 g/mol. The highest BCUT2D eigenvalue weighted by Crippen LogP contribution is 2.36. The van der Waals surface area contributed by atoms with Gasteiger partial charge in [0.15, 0.2) is 0 Å². The van der Waals surface area contributed by atoms with Gasteiger partial charge in [0.25, 0.3) is 0 Å². The van der Waals surface area contributed by atoms with Crippen LogP contribution in [0.25, 0.3) is 0 Å². The number of carbonyl (C=O) groups excluding carboxylic acids is 1. The third kappa shape index (κ3) is 5.41. The smallest absolute Gasteiger partial charge is 0.421 e. The molecule has 0 bridgehead atoms. The predicted octanol–water partition coefficient (Wildman–Crippen LogP) is 4.45. The number of rotatable bonds is 6. The van der Waals surface area contributed by atoms with Gasteiger partial charge < -0.3 is 14.5 Å². The van der Waals surface area contributed by atoms with E-state index in [0.717, 1.165) is 25.6 Å². The van der Waals surface area contributed by atoms with Crippen molar-refractivity contribution in [3.8, 4) is 5.88 Å². The quantitative estimate of drug-likeness (QED) is 0.654. The molecule has 8 heteroatoms. The number of nitrogens with zero attached hydrogens (tertiary/aromatic N) is 3. The zero-order valence-electron chi connectivity index (χ0n) is 18.9. The van der Waals surface area contributed by atoms with Crippen LogP contribution in [-0.2, 0) is 11.0 Å². The molecule has 0 unspecified atom stereocenters. The van der Waals surface area contributed by atoms with E-state index in [0.29, 0.717) is 0 Å². The molecule has 3 rings (SSSR count). The molecule has 2 heterocycles. The number of hydrogen-bond donors (Lipinski definition) is 0. The van der Waals surface area contributed by atoms with Crippen LogP contribution in [0, 0.1) is 5.41 Å². The minimum atomic E-state index is -4.58. The first-order chi connectivity index (χ1) is 15.0. The molecule has 0 saturated carbocycles. The normalized spacial score (nSPS) is 20.1. The summed E-state index contributed by atoms with van der Waals surface area (Å²) in [6.07, 6.45) is -2.52. The molecule has 32 heavy (non-hydrogen) atoms. The number of pyridine rings is 1. The summed E-state index contributed by atoms with van der Waals surface area (Å²) in [6, 6.07) is 12.2. The summed E-state index contributed by atoms with van der Waals surface area (Å²) in [7, 11) is 3.84. The van der Waals surface area contributed by atoms with Gasteiger partial charge >= 0.3 is 6.18 Å². The number of benzene rings is 1. The molecule has 0 spiro atoms. The molecule has 174 valence electrons. The van der Waals surface area contributed by atoms with Crippen LogP contribution in [0.5, 0.6) is 5.88 Å². The Labute approximate surface area is 187 Å². The number of likely N-dealkylation sites (N-methyl/N-ethyl adjacent to an activating group) is 2. The zero-order chi connectivity index (χ0) is 23.5. The average Bonchev–Trinajstić information content (AvgIpc) is 2.77. The van der Waals surface area contributed by atoms with Crippen LogP contribution in [0.15, 0.2) is 48.7 Å². The van der Waals surface area contributed by atoms with E-state index in [1.165, 1.54) is 17.8 Å². The molecule has 1 fully saturated rings. The van der Waals surface area contributed by atoms with Crippen LogP contribution in [0.1, 0.15) is 37.3 Å². The van der Waals surface area contributed by atoms with Gasteiger partial charge in [-0.15, -0.1) is 0 Å². The Morgan fingerprint density at radius 1 is 1.19 bits per heavy atom. The van der Waals surface area contributed by atoms with Crippen molar-refractivity contribution in [2.75, 3.05) is 33.8 Å². The molecule has 5 nitrogen and oxygen atoms in total. The highest BCUT2D eigenvalue weighted by Gasteiger charge is 2.40. The third-order valence-electron chi connectivity index (χ3n) is 6.05. The number of aromatic nitrogens is 1. The van der Waals surface area contributed by atoms with Crippen LogP contribution >= 0.6 is 0 Å². The van der Waals surface area contributed by atoms with E-state index in [2.05, 4.69) is 29.1 Å². The lowest BCUT2D eigenvalue weighted by molar-refractivity contribution is -0.144. The molecular formula is C24H30F3N3O2. The number of hydrogen-bond acceptors (Lipinski definition) is 4. The SMILES string of the molecule is CN1CC[C@@H](N(C)C(=O)C(C)(C)COc2ncccc2C(F)(F)F)[C@H](c2ccccc2)C1. The fraction of sp³-hybridized carbons (Fsp3) is 0.500. The Morgan fingerprint density at radius 2 is 1.88 bits per heavy atom. The minimum absolute atomic E-state index is 0.0130. The second kappa shape index (κ2) is 9.48. The monoisotopic (exact) mass is 449 g/mol. The lowest BCUT2D eigenvalue weighted by atomic mass is 9.83. The molecule has 1 aromatic carbocycles. The maximum atomic E-state index is 13.4. The summed E-state index contributed by atoms with van der Waals surface area (Å²) < 4.78 is 45.1. The highest BCUT2D eigenvalue weighted by molar-refractivity contribution is 5.82. The molecule has 1 aliphatic heterocycles. The second-order valence-electron chi connectivity index (χ2n) is 9.08. The molecule has 0 N–H and O–H groups in total. The molecule has 1 aliphatic rings. The molecule has 1 aromatic heterocycles. The van der Waals surface area contributed by atoms with E-state index in [-0.39, 0.29) is 24.5 Å². The third-order valence-corrected chi connectivity index (χ3v) is 6.05. The van der Waals surface area contributed by atoms with E-state index < -0.39 is 23.0 Å². The van der Waals surface area contributed by atoms with Crippen molar-refractivity contribution >= 4 is 5.91 Å². The molecule has 0 radical (unpaired) electrons. The summed E-state index contributed by atoms with van der Waals surface area (Å²) in [5.41, 5.74) is -0.808. The molecule has 2 atom stereocenters. The number of alkyl halides is 3. The average molecular weight is 450 g/mol. The van der Waals surface area contributed by atoms with E-state index >= 15 is 0 Å². The van der Waals surface area contributed by atoms with Crippen molar-refractivity contribution in [2.45, 2.75) is 38.4 Å². The van der Waals surface area contributed by atoms with Crippen LogP contribution < -0.4 is 4.74 Å². The first-order valence-corrected chi connectivity index (χ1v) is 10.7. The zero-order valence-corrected chi connectivity index (χ0v) is 18.9. The largest absolute Gasteiger partial charge is 0.476 e. The van der Waals surface area contributed by atoms with Crippen molar-refractivity contribution in [3.05, 3.63) is 59.8 Å². The van der Waals surface area contributed by atoms with E-state index in [4.69, 9.17) is 4.74 Å². The first-order valence-electron chi connectivity index (χ1n) is 10.7. The fourth-order valence-electron chi connectivity index (χ4n) is 4.25. The lowest BCUT2D eigenvalue weighted by Gasteiger charge is -2.43. The number of piperidine rings is 1. The minimum Gasteiger partial charge on any atom is -0.476 e. The number of likely N-dealkylation sites (tertiary alicyclic amines) is 1. The Balaban J connectivity index is 1.75. The number of halogens is 3. The van der Waals surface area contributed by atoms with E-state index in [1.807, 2.05) is 18.2 Å². The van der Waals surface area contributed by atoms with Crippen LogP contribution in [0.2, 0.25) is 0 Å². The van der Waals surface area contributed by atoms with Gasteiger partial charge in [-0.2, -0.15) is 13.2 Å². The predicted molar refractivity (Wildman–Crippen MR) is 116 cm³/mol. The summed E-state index contributed by atoms with van der Waals surface area (Å²) in [4.78, 5) is 21.1. The van der Waals surface area contributed by atoms with Gasteiger partial charge in [0.2, 0.25) is 11.8 Å². The summed E-state index contributed by atoms with van der Waals surface area (Å²) in [5, 5.41) is 0. The standard InChI is InChI=1S/C24H30F3N3O2/c1-23(2,16-32-21-19(24(25,26)27)11-8-13-28-21)22(31)30(4)20-12-14-29(3)15-18(20)17-9-6-5-7-10-17/h5-11,13,18,20H,12,14-16H2,1-4H3/t18-,20+/m0/s1. The number of ether oxygens (including phenoxy) is 1. The van der Waals surface area contributed by atoms with Gasteiger partial charge in [-0.3, -0.25) is 4.79 Å². The van der Waals surface area contributed by atoms with Gasteiger partial charge in [-0.05, 0) is 51.6 Å². The van der Waals surface area contributed by atoms with Gasteiger partial charge in [-0.1, -0.05) is 30.3 Å². The summed E-state index contributed by atoms with van der Waals surface area (Å²) in [5.74, 6) is -0.532. The lowest BCUT2D eigenvalue weighted by Crippen LogP contribution is -2.53. The molecule has 2 aromatic rings. The van der Waals surface area contributed by atoms with Gasteiger partial charge in [0.05, 0.1) is 5.41 Å². The van der Waals surface area contributed by atoms with Gasteiger partial charge in [0.1, 0.15) is 12.2 Å². The summed E-state index contributed by atoms with van der Waals surface area (Å²) >= 11 is 0. The van der Waals surface area contributed by atoms with Crippen molar-refractivity contribution in [1.29, 1.82) is 0 Å². The number of amides is 1. The van der Waals surface area contributed by atoms with Crippen molar-refractivity contribution in [3.63, 3.8) is 0 Å². The molecule has 1 saturated heterocycles. The maximum Gasteiger partial charge on any atom is 0.421 e. The Bertz CT molecular complexity index is 918. The second-order valence-corrected chi connectivity index (χ2v) is 9.08. The van der Waals surface area contributed by atoms with Crippen LogP contribution in [0.3, 0.4) is 0 Å². The molecule has 0 aliphatic carbocycles. The van der Waals surface area contributed by atoms with Crippen molar-refractivity contribution in [1.82, 2.24) is 14.8 Å². The highest BCUT2D eigenvalue weighted by atomic mass is 19.4. The Hall–Kier alpha value is -2.61. The maximum absolute atomic E-state index is 13.4. The topological polar surface area (TPSA) is 45.7 Å². The van der Waals surface area contributed by atoms with Crippen molar-refractivity contribution in [2.24, 2.45) is 5.41 Å². The van der Waals surface area contributed by atoms with Gasteiger partial charge in [0, 0.05) is 31.7 Å². The first kappa shape index (κ1) is 24.0. The summed E-state index contributed by atoms with van der Waals surface area (Å²) in [6.45, 7) is 4.86. The van der Waals surface area contributed by atoms with Crippen LogP contribution in [0.4, 0.5) is 13.2 Å². The Kier molecular flexibility index (Phi) is 7.12. The molecule has 1 amide bonds. The van der Waals surface area contributed by atoms with Crippen LogP contribution in [-0.4, -0.2) is 60.5 Å². The van der Waals surface area contributed by atoms with E-state index in [9.17, 15) is 18.0 Å². The fourth-order valence-corrected chi connectivity index (χ4v) is 4.25.